The summed E-state index contributed by atoms with van der Waals surface area (Å²) in [5.74, 6) is -0.934. The van der Waals surface area contributed by atoms with Gasteiger partial charge in [-0.05, 0) is 135 Å². The SMILES string of the molecule is CC/C=C\C/C=C\C/C=C\C/C=C\C/C=C\CCCCCCCCCCCCCCCCCC(=O)OCC(COC(=O)CCCC/C=C\C/C=C\C/C=C\C/C=C\CC)OC(=O)CCCCCCCCCCC/C=C\C/C=C\CCCCC. The summed E-state index contributed by atoms with van der Waals surface area (Å²) >= 11 is 0. The Bertz CT molecular complexity index is 1750. The third-order valence-corrected chi connectivity index (χ3v) is 14.6. The third-order valence-electron chi connectivity index (χ3n) is 14.6. The minimum atomic E-state index is -0.802. The highest BCUT2D eigenvalue weighted by molar-refractivity contribution is 5.71. The third kappa shape index (κ3) is 68.2. The normalized spacial score (nSPS) is 13.0. The fourth-order valence-corrected chi connectivity index (χ4v) is 9.49. The molecule has 1 unspecified atom stereocenters. The van der Waals surface area contributed by atoms with Crippen LogP contribution in [0.5, 0.6) is 0 Å². The molecule has 0 aliphatic rings. The molecule has 6 nitrogen and oxygen atoms in total. The Morgan fingerprint density at radius 2 is 0.470 bits per heavy atom. The number of carbonyl (C=O) groups is 3. The molecule has 0 amide bonds. The predicted molar refractivity (Wildman–Crippen MR) is 362 cm³/mol. The molecule has 0 N–H and O–H groups in total. The smallest absolute Gasteiger partial charge is 0.306 e. The van der Waals surface area contributed by atoms with Crippen molar-refractivity contribution in [2.45, 2.75) is 322 Å². The molecule has 0 aliphatic heterocycles. The molecule has 472 valence electrons. The van der Waals surface area contributed by atoms with Crippen molar-refractivity contribution >= 4 is 17.9 Å². The van der Waals surface area contributed by atoms with Gasteiger partial charge in [-0.1, -0.05) is 296 Å². The number of allylic oxidation sites excluding steroid dienone is 22. The van der Waals surface area contributed by atoms with E-state index in [1.807, 2.05) is 0 Å². The molecule has 0 fully saturated rings. The van der Waals surface area contributed by atoms with Gasteiger partial charge in [0, 0.05) is 19.3 Å². The number of unbranched alkanes of at least 4 members (excludes halogenated alkanes) is 29. The largest absolute Gasteiger partial charge is 0.462 e. The van der Waals surface area contributed by atoms with Gasteiger partial charge in [0.15, 0.2) is 6.10 Å². The van der Waals surface area contributed by atoms with E-state index < -0.39 is 6.10 Å². The van der Waals surface area contributed by atoms with Crippen molar-refractivity contribution in [2.75, 3.05) is 13.2 Å². The van der Waals surface area contributed by atoms with E-state index in [-0.39, 0.29) is 31.1 Å². The lowest BCUT2D eigenvalue weighted by atomic mass is 10.0. The summed E-state index contributed by atoms with van der Waals surface area (Å²) in [4.78, 5) is 38.4. The Kier molecular flexibility index (Phi) is 66.3. The van der Waals surface area contributed by atoms with Crippen LogP contribution >= 0.6 is 0 Å². The van der Waals surface area contributed by atoms with Crippen LogP contribution in [0.25, 0.3) is 0 Å². The van der Waals surface area contributed by atoms with Crippen molar-refractivity contribution in [3.8, 4) is 0 Å². The van der Waals surface area contributed by atoms with Crippen molar-refractivity contribution < 1.29 is 28.6 Å². The Morgan fingerprint density at radius 1 is 0.253 bits per heavy atom. The van der Waals surface area contributed by atoms with Crippen LogP contribution < -0.4 is 0 Å². The van der Waals surface area contributed by atoms with E-state index in [9.17, 15) is 14.4 Å². The first-order chi connectivity index (χ1) is 41.0. The van der Waals surface area contributed by atoms with Crippen LogP contribution in [-0.4, -0.2) is 37.2 Å². The van der Waals surface area contributed by atoms with E-state index in [0.717, 1.165) is 122 Å². The van der Waals surface area contributed by atoms with Crippen LogP contribution in [-0.2, 0) is 28.6 Å². The zero-order chi connectivity index (χ0) is 59.9. The molecule has 0 heterocycles. The maximum atomic E-state index is 12.9. The van der Waals surface area contributed by atoms with Gasteiger partial charge >= 0.3 is 17.9 Å². The van der Waals surface area contributed by atoms with E-state index >= 15 is 0 Å². The van der Waals surface area contributed by atoms with Crippen molar-refractivity contribution in [1.29, 1.82) is 0 Å². The first kappa shape index (κ1) is 78.5. The Balaban J connectivity index is 4.30. The monoisotopic (exact) mass is 1150 g/mol. The first-order valence-electron chi connectivity index (χ1n) is 34.7. The summed E-state index contributed by atoms with van der Waals surface area (Å²) in [5, 5.41) is 0. The van der Waals surface area contributed by atoms with E-state index in [1.54, 1.807) is 0 Å². The lowest BCUT2D eigenvalue weighted by Gasteiger charge is -2.18. The molecular formula is C77H128O6. The Morgan fingerprint density at radius 3 is 0.759 bits per heavy atom. The maximum Gasteiger partial charge on any atom is 0.306 e. The highest BCUT2D eigenvalue weighted by Crippen LogP contribution is 2.17. The highest BCUT2D eigenvalue weighted by Gasteiger charge is 2.19. The van der Waals surface area contributed by atoms with Gasteiger partial charge < -0.3 is 14.2 Å². The summed E-state index contributed by atoms with van der Waals surface area (Å²) in [7, 11) is 0. The molecule has 0 aliphatic carbocycles. The summed E-state index contributed by atoms with van der Waals surface area (Å²) < 4.78 is 16.9. The van der Waals surface area contributed by atoms with Gasteiger partial charge in [0.05, 0.1) is 0 Å². The average Bonchev–Trinajstić information content (AvgIpc) is 3.49. The molecule has 0 saturated heterocycles. The Labute approximate surface area is 513 Å². The standard InChI is InChI=1S/C77H128O6/c1-4-7-10-13-16-19-22-25-28-30-32-33-34-35-36-37-38-39-40-41-42-43-45-46-49-52-55-58-61-64-67-70-76(79)82-73-74(72-81-75(78)69-66-63-60-57-54-51-48-27-24-21-18-15-12-9-6-3)83-77(80)71-68-65-62-59-56-53-50-47-44-31-29-26-23-20-17-14-11-8-5-2/h7,9-10,12,16-21,25-29,32-33,35-36,48,54,57,74H,4-6,8,11,13-15,22-24,30-31,34,37-47,49-53,55-56,58-73H2,1-3H3/b10-7-,12-9-,19-16-,20-17-,21-18-,28-25-,29-26-,33-32-,36-35-,48-27-,57-54-. The summed E-state index contributed by atoms with van der Waals surface area (Å²) in [6.45, 7) is 6.37. The number of carbonyl (C=O) groups excluding carboxylic acids is 3. The number of hydrogen-bond acceptors (Lipinski definition) is 6. The minimum absolute atomic E-state index is 0.0943. The quantitative estimate of drug-likeness (QED) is 0.0261. The van der Waals surface area contributed by atoms with Crippen molar-refractivity contribution in [3.05, 3.63) is 134 Å². The van der Waals surface area contributed by atoms with E-state index in [0.29, 0.717) is 19.3 Å². The van der Waals surface area contributed by atoms with Crippen LogP contribution in [0, 0.1) is 0 Å². The lowest BCUT2D eigenvalue weighted by Crippen LogP contribution is -2.30. The van der Waals surface area contributed by atoms with Gasteiger partial charge in [0.2, 0.25) is 0 Å². The molecule has 0 saturated carbocycles. The molecular weight excluding hydrogens is 1020 g/mol. The molecule has 0 aromatic heterocycles. The zero-order valence-electron chi connectivity index (χ0n) is 54.2. The number of esters is 3. The second kappa shape index (κ2) is 70.0. The van der Waals surface area contributed by atoms with E-state index in [4.69, 9.17) is 14.2 Å². The van der Waals surface area contributed by atoms with Gasteiger partial charge in [0.25, 0.3) is 0 Å². The second-order valence-corrected chi connectivity index (χ2v) is 22.7. The number of ether oxygens (including phenoxy) is 3. The topological polar surface area (TPSA) is 78.9 Å². The van der Waals surface area contributed by atoms with Gasteiger partial charge in [0.1, 0.15) is 13.2 Å². The Hall–Kier alpha value is -4.45. The van der Waals surface area contributed by atoms with Crippen molar-refractivity contribution in [3.63, 3.8) is 0 Å². The van der Waals surface area contributed by atoms with Crippen LogP contribution in [0.1, 0.15) is 316 Å². The molecule has 83 heavy (non-hydrogen) atoms. The summed E-state index contributed by atoms with van der Waals surface area (Å²) in [6, 6.07) is 0. The molecule has 0 aromatic carbocycles. The molecule has 0 spiro atoms. The fourth-order valence-electron chi connectivity index (χ4n) is 9.49. The van der Waals surface area contributed by atoms with Gasteiger partial charge in [-0.25, -0.2) is 0 Å². The maximum absolute atomic E-state index is 12.9. The zero-order valence-corrected chi connectivity index (χ0v) is 54.2. The van der Waals surface area contributed by atoms with Crippen LogP contribution in [0.3, 0.4) is 0 Å². The molecule has 1 atom stereocenters. The van der Waals surface area contributed by atoms with Gasteiger partial charge in [-0.3, -0.25) is 14.4 Å². The van der Waals surface area contributed by atoms with Crippen LogP contribution in [0.2, 0.25) is 0 Å². The number of hydrogen-bond donors (Lipinski definition) is 0. The van der Waals surface area contributed by atoms with Crippen molar-refractivity contribution in [1.82, 2.24) is 0 Å². The number of rotatable bonds is 62. The molecule has 0 radical (unpaired) electrons. The van der Waals surface area contributed by atoms with Gasteiger partial charge in [-0.2, -0.15) is 0 Å². The average molecular weight is 1150 g/mol. The molecule has 0 aromatic rings. The second-order valence-electron chi connectivity index (χ2n) is 22.7. The van der Waals surface area contributed by atoms with Gasteiger partial charge in [-0.15, -0.1) is 0 Å². The van der Waals surface area contributed by atoms with E-state index in [2.05, 4.69) is 154 Å². The summed E-state index contributed by atoms with van der Waals surface area (Å²) in [6.07, 6.45) is 99.1. The van der Waals surface area contributed by atoms with Crippen LogP contribution in [0.4, 0.5) is 0 Å². The molecule has 6 heteroatoms. The molecule has 0 bridgehead atoms. The predicted octanol–water partition coefficient (Wildman–Crippen LogP) is 24.1. The lowest BCUT2D eigenvalue weighted by molar-refractivity contribution is -0.167. The first-order valence-corrected chi connectivity index (χ1v) is 34.7. The summed E-state index contributed by atoms with van der Waals surface area (Å²) in [5.41, 5.74) is 0. The molecule has 0 rings (SSSR count). The van der Waals surface area contributed by atoms with Crippen molar-refractivity contribution in [2.24, 2.45) is 0 Å². The van der Waals surface area contributed by atoms with E-state index in [1.165, 1.54) is 154 Å². The fraction of sp³-hybridized carbons (Fsp3) is 0.675. The minimum Gasteiger partial charge on any atom is -0.462 e. The highest BCUT2D eigenvalue weighted by atomic mass is 16.6. The van der Waals surface area contributed by atoms with Crippen LogP contribution in [0.15, 0.2) is 134 Å².